The van der Waals surface area contributed by atoms with Gasteiger partial charge >= 0.3 is 296 Å². The predicted molar refractivity (Wildman–Crippen MR) is 215 cm³/mol. The molecule has 0 atom stereocenters. The average molecular weight is 661 g/mol. The number of rotatable bonds is 8. The van der Waals surface area contributed by atoms with Crippen LogP contribution in [0.2, 0.25) is 0 Å². The number of hydrogen-bond acceptors (Lipinski definition) is 1. The fourth-order valence-corrected chi connectivity index (χ4v) is 13.4. The summed E-state index contributed by atoms with van der Waals surface area (Å²) < 4.78 is 0. The van der Waals surface area contributed by atoms with E-state index in [1.807, 2.05) is 24.3 Å². The van der Waals surface area contributed by atoms with E-state index < -0.39 is 6.83 Å². The van der Waals surface area contributed by atoms with Crippen molar-refractivity contribution in [1.82, 2.24) is 0 Å². The van der Waals surface area contributed by atoms with Crippen LogP contribution >= 0.6 is 6.83 Å². The third-order valence-corrected chi connectivity index (χ3v) is 15.1. The normalized spacial score (nSPS) is 12.1. The summed E-state index contributed by atoms with van der Waals surface area (Å²) in [6.45, 7) is -4.77. The molecule has 0 heterocycles. The van der Waals surface area contributed by atoms with Crippen LogP contribution in [-0.4, -0.2) is 4.89 Å². The van der Waals surface area contributed by atoms with Gasteiger partial charge in [-0.15, -0.1) is 0 Å². The Morgan fingerprint density at radius 1 is 0.220 bits per heavy atom. The number of hydrogen-bond donors (Lipinski definition) is 1. The number of benzene rings is 8. The summed E-state index contributed by atoms with van der Waals surface area (Å²) in [7, 11) is 0. The van der Waals surface area contributed by atoms with Crippen LogP contribution in [0.4, 0.5) is 0 Å². The Balaban J connectivity index is 1.67. The second kappa shape index (κ2) is 13.2. The van der Waals surface area contributed by atoms with Crippen LogP contribution in [0.25, 0.3) is 44.5 Å². The first-order valence-corrected chi connectivity index (χ1v) is 19.2. The molecule has 0 unspecified atom stereocenters. The van der Waals surface area contributed by atoms with E-state index in [1.165, 1.54) is 0 Å². The molecule has 0 aliphatic heterocycles. The van der Waals surface area contributed by atoms with Gasteiger partial charge in [-0.05, 0) is 0 Å². The molecule has 8 aromatic rings. The van der Waals surface area contributed by atoms with Gasteiger partial charge in [0.2, 0.25) is 0 Å². The van der Waals surface area contributed by atoms with E-state index in [0.717, 1.165) is 65.7 Å². The van der Waals surface area contributed by atoms with Crippen LogP contribution in [0.3, 0.4) is 0 Å². The van der Waals surface area contributed by atoms with Crippen molar-refractivity contribution < 1.29 is 4.89 Å². The monoisotopic (exact) mass is 660 g/mol. The second-order valence-electron chi connectivity index (χ2n) is 12.6. The van der Waals surface area contributed by atoms with Gasteiger partial charge in [-0.25, -0.2) is 0 Å². The van der Waals surface area contributed by atoms with Gasteiger partial charge in [-0.2, -0.15) is 0 Å². The first kappa shape index (κ1) is 31.4. The van der Waals surface area contributed by atoms with E-state index in [-0.39, 0.29) is 0 Å². The van der Waals surface area contributed by atoms with Crippen molar-refractivity contribution in [2.24, 2.45) is 0 Å². The maximum atomic E-state index is 15.6. The molecule has 0 fully saturated rings. The zero-order valence-corrected chi connectivity index (χ0v) is 28.6. The average Bonchev–Trinajstić information content (AvgIpc) is 3.22. The van der Waals surface area contributed by atoms with Crippen molar-refractivity contribution in [3.05, 3.63) is 218 Å². The fourth-order valence-electron chi connectivity index (χ4n) is 7.64. The van der Waals surface area contributed by atoms with E-state index in [0.29, 0.717) is 0 Å². The molecule has 0 radical (unpaired) electrons. The Morgan fingerprint density at radius 2 is 0.400 bits per heavy atom. The molecular weight excluding hydrogens is 624 g/mol. The summed E-state index contributed by atoms with van der Waals surface area (Å²) in [4.78, 5) is 15.6. The summed E-state index contributed by atoms with van der Waals surface area (Å²) in [5.74, 6) is 0. The Hall–Kier alpha value is -5.85. The van der Waals surface area contributed by atoms with Gasteiger partial charge in [0.25, 0.3) is 0 Å². The minimum atomic E-state index is -4.77. The molecule has 0 amide bonds. The van der Waals surface area contributed by atoms with E-state index in [9.17, 15) is 0 Å². The molecule has 50 heavy (non-hydrogen) atoms. The quantitative estimate of drug-likeness (QED) is 0.161. The Kier molecular flexibility index (Phi) is 8.31. The van der Waals surface area contributed by atoms with Gasteiger partial charge in [0.1, 0.15) is 0 Å². The summed E-state index contributed by atoms with van der Waals surface area (Å²) in [5.41, 5.74) is 8.22. The Morgan fingerprint density at radius 3 is 0.620 bits per heavy atom. The molecule has 0 saturated carbocycles. The van der Waals surface area contributed by atoms with Crippen molar-refractivity contribution in [1.29, 1.82) is 0 Å². The van der Waals surface area contributed by atoms with Crippen LogP contribution in [0, 0.1) is 0 Å². The molecule has 0 bridgehead atoms. The van der Waals surface area contributed by atoms with Gasteiger partial charge in [0.05, 0.1) is 0 Å². The van der Waals surface area contributed by atoms with Crippen LogP contribution in [0.15, 0.2) is 218 Å². The van der Waals surface area contributed by atoms with Crippen molar-refractivity contribution in [2.45, 2.75) is 0 Å². The molecule has 0 spiro atoms. The third kappa shape index (κ3) is 5.11. The molecule has 0 aliphatic carbocycles. The summed E-state index contributed by atoms with van der Waals surface area (Å²) in [6.07, 6.45) is 0. The third-order valence-electron chi connectivity index (χ3n) is 9.83. The van der Waals surface area contributed by atoms with E-state index in [1.54, 1.807) is 0 Å². The van der Waals surface area contributed by atoms with E-state index >= 15 is 4.89 Å². The van der Waals surface area contributed by atoms with Crippen LogP contribution in [0.5, 0.6) is 0 Å². The fraction of sp³-hybridized carbons (Fsp3) is 0. The Bertz CT molecular complexity index is 2040. The molecule has 2 heteroatoms. The summed E-state index contributed by atoms with van der Waals surface area (Å²) >= 11 is 0. The van der Waals surface area contributed by atoms with Crippen molar-refractivity contribution >= 4 is 28.0 Å². The van der Waals surface area contributed by atoms with E-state index in [4.69, 9.17) is 0 Å². The van der Waals surface area contributed by atoms with Gasteiger partial charge in [0.15, 0.2) is 0 Å². The standard InChI is InChI=1S/C48H37OP/c49-50(45-33-17-13-29-41(45)37-21-5-1-6-22-37,46-34-18-14-30-42(46)38-23-7-2-8-24-38,47-35-19-15-31-43(47)39-25-9-3-10-26-39)48-36-20-16-32-44(48)40-27-11-4-12-28-40/h1-36,49H. The molecular formula is C48H37OP. The van der Waals surface area contributed by atoms with Crippen LogP contribution in [0.1, 0.15) is 0 Å². The molecule has 0 aliphatic rings. The van der Waals surface area contributed by atoms with Gasteiger partial charge in [0, 0.05) is 0 Å². The topological polar surface area (TPSA) is 20.2 Å². The summed E-state index contributed by atoms with van der Waals surface area (Å²) in [5, 5.41) is 3.61. The minimum absolute atomic E-state index is 0.903. The van der Waals surface area contributed by atoms with Crippen molar-refractivity contribution in [3.8, 4) is 44.5 Å². The first-order valence-electron chi connectivity index (χ1n) is 17.0. The second-order valence-corrected chi connectivity index (χ2v) is 16.7. The van der Waals surface area contributed by atoms with Crippen LogP contribution in [-0.2, 0) is 0 Å². The molecule has 240 valence electrons. The van der Waals surface area contributed by atoms with Gasteiger partial charge in [-0.1, -0.05) is 0 Å². The van der Waals surface area contributed by atoms with E-state index in [2.05, 4.69) is 194 Å². The molecule has 0 saturated heterocycles. The molecule has 8 rings (SSSR count). The molecule has 0 aromatic heterocycles. The predicted octanol–water partition coefficient (Wildman–Crippen LogP) is 10.4. The van der Waals surface area contributed by atoms with Gasteiger partial charge < -0.3 is 0 Å². The summed E-state index contributed by atoms with van der Waals surface area (Å²) in [6, 6.07) is 76.0. The van der Waals surface area contributed by atoms with Crippen molar-refractivity contribution in [2.75, 3.05) is 0 Å². The maximum absolute atomic E-state index is 15.6. The first-order chi connectivity index (χ1) is 24.7. The molecule has 1 nitrogen and oxygen atoms in total. The molecule has 1 N–H and O–H groups in total. The molecule has 8 aromatic carbocycles. The Labute approximate surface area is 294 Å². The zero-order chi connectivity index (χ0) is 33.8. The van der Waals surface area contributed by atoms with Crippen LogP contribution < -0.4 is 21.2 Å². The SMILES string of the molecule is OP(c1ccccc1-c1ccccc1)(c1ccccc1-c1ccccc1)(c1ccccc1-c1ccccc1)c1ccccc1-c1ccccc1. The van der Waals surface area contributed by atoms with Crippen molar-refractivity contribution in [3.63, 3.8) is 0 Å². The van der Waals surface area contributed by atoms with Gasteiger partial charge in [-0.3, -0.25) is 0 Å². The zero-order valence-electron chi connectivity index (χ0n) is 27.7.